The van der Waals surface area contributed by atoms with E-state index in [-0.39, 0.29) is 12.5 Å². The number of methoxy groups -OCH3 is 3. The lowest BCUT2D eigenvalue weighted by atomic mass is 10.1. The molecule has 3 rings (SSSR count). The monoisotopic (exact) mass is 483 g/mol. The molecule has 0 saturated carbocycles. The van der Waals surface area contributed by atoms with Crippen LogP contribution in [0.15, 0.2) is 70.1 Å². The minimum absolute atomic E-state index is 0.159. The number of carbonyl (C=O) groups is 1. The SMILES string of the molecule is C=CC=N/C=C1\CN=C(c2cc(CO)cc(NC(=O)c3cc(OC)cc(OC)c3)c2)S1.COC. The maximum atomic E-state index is 12.8. The zero-order valence-corrected chi connectivity index (χ0v) is 20.5. The smallest absolute Gasteiger partial charge is 0.255 e. The predicted molar refractivity (Wildman–Crippen MR) is 139 cm³/mol. The van der Waals surface area contributed by atoms with E-state index >= 15 is 0 Å². The largest absolute Gasteiger partial charge is 0.497 e. The Balaban J connectivity index is 0.00000129. The van der Waals surface area contributed by atoms with Gasteiger partial charge in [-0.05, 0) is 35.9 Å². The number of carbonyl (C=O) groups excluding carboxylic acids is 1. The Bertz CT molecular complexity index is 1070. The van der Waals surface area contributed by atoms with E-state index in [0.717, 1.165) is 15.5 Å². The number of amides is 1. The van der Waals surface area contributed by atoms with Crippen LogP contribution in [-0.2, 0) is 11.3 Å². The number of benzene rings is 2. The van der Waals surface area contributed by atoms with E-state index in [9.17, 15) is 9.90 Å². The Kier molecular flexibility index (Phi) is 11.0. The highest BCUT2D eigenvalue weighted by atomic mass is 32.2. The van der Waals surface area contributed by atoms with Crippen molar-refractivity contribution in [1.82, 2.24) is 0 Å². The molecule has 0 radical (unpaired) electrons. The fourth-order valence-corrected chi connectivity index (χ4v) is 3.72. The van der Waals surface area contributed by atoms with Gasteiger partial charge in [0.05, 0.1) is 27.4 Å². The second-order valence-electron chi connectivity index (χ2n) is 6.89. The van der Waals surface area contributed by atoms with Crippen LogP contribution in [0.2, 0.25) is 0 Å². The second-order valence-corrected chi connectivity index (χ2v) is 8.01. The van der Waals surface area contributed by atoms with Gasteiger partial charge in [-0.25, -0.2) is 0 Å². The second kappa shape index (κ2) is 14.0. The van der Waals surface area contributed by atoms with E-state index < -0.39 is 0 Å². The lowest BCUT2D eigenvalue weighted by molar-refractivity contribution is 0.102. The van der Waals surface area contributed by atoms with E-state index in [1.165, 1.54) is 26.0 Å². The van der Waals surface area contributed by atoms with E-state index in [1.54, 1.807) is 57.0 Å². The van der Waals surface area contributed by atoms with Crippen molar-refractivity contribution < 1.29 is 24.1 Å². The molecule has 0 atom stereocenters. The number of allylic oxidation sites excluding steroid dienone is 1. The van der Waals surface area contributed by atoms with Gasteiger partial charge in [-0.15, -0.1) is 0 Å². The fourth-order valence-electron chi connectivity index (χ4n) is 2.86. The first-order valence-corrected chi connectivity index (χ1v) is 11.0. The zero-order chi connectivity index (χ0) is 24.9. The Morgan fingerprint density at radius 1 is 1.15 bits per heavy atom. The first kappa shape index (κ1) is 26.8. The maximum Gasteiger partial charge on any atom is 0.255 e. The number of anilines is 1. The van der Waals surface area contributed by atoms with Crippen molar-refractivity contribution >= 4 is 34.6 Å². The van der Waals surface area contributed by atoms with Crippen molar-refractivity contribution in [1.29, 1.82) is 0 Å². The number of ether oxygens (including phenoxy) is 3. The molecule has 2 aromatic rings. The molecule has 2 aromatic carbocycles. The van der Waals surface area contributed by atoms with Crippen LogP contribution in [-0.4, -0.2) is 57.3 Å². The van der Waals surface area contributed by atoms with Crippen LogP contribution in [0, 0.1) is 0 Å². The van der Waals surface area contributed by atoms with Gasteiger partial charge in [-0.1, -0.05) is 24.4 Å². The van der Waals surface area contributed by atoms with Gasteiger partial charge in [0, 0.05) is 54.4 Å². The lowest BCUT2D eigenvalue weighted by Gasteiger charge is -2.12. The Labute approximate surface area is 204 Å². The molecule has 0 aliphatic carbocycles. The number of thioether (sulfide) groups is 1. The van der Waals surface area contributed by atoms with E-state index in [2.05, 4.69) is 26.6 Å². The van der Waals surface area contributed by atoms with Crippen molar-refractivity contribution in [3.63, 3.8) is 0 Å². The molecule has 0 unspecified atom stereocenters. The summed E-state index contributed by atoms with van der Waals surface area (Å²) in [5.74, 6) is 0.715. The first-order chi connectivity index (χ1) is 16.5. The highest BCUT2D eigenvalue weighted by Gasteiger charge is 2.17. The third-order valence-electron chi connectivity index (χ3n) is 4.31. The Morgan fingerprint density at radius 2 is 1.82 bits per heavy atom. The van der Waals surface area contributed by atoms with E-state index in [4.69, 9.17) is 9.47 Å². The molecule has 1 aliphatic rings. The normalized spacial score (nSPS) is 13.8. The molecule has 1 aliphatic heterocycles. The molecule has 1 heterocycles. The highest BCUT2D eigenvalue weighted by molar-refractivity contribution is 8.18. The molecule has 0 aromatic heterocycles. The summed E-state index contributed by atoms with van der Waals surface area (Å²) in [4.78, 5) is 22.5. The molecule has 8 nitrogen and oxygen atoms in total. The van der Waals surface area contributed by atoms with Crippen LogP contribution in [0.3, 0.4) is 0 Å². The number of aliphatic hydroxyl groups excluding tert-OH is 1. The number of nitrogens with one attached hydrogen (secondary N) is 1. The molecule has 34 heavy (non-hydrogen) atoms. The van der Waals surface area contributed by atoms with Gasteiger partial charge in [0.1, 0.15) is 16.5 Å². The third kappa shape index (κ3) is 7.87. The number of hydrogen-bond donors (Lipinski definition) is 2. The van der Waals surface area contributed by atoms with Gasteiger partial charge in [-0.3, -0.25) is 14.8 Å². The van der Waals surface area contributed by atoms with E-state index in [0.29, 0.717) is 34.9 Å². The van der Waals surface area contributed by atoms with Gasteiger partial charge in [0.2, 0.25) is 0 Å². The predicted octanol–water partition coefficient (Wildman–Crippen LogP) is 4.30. The summed E-state index contributed by atoms with van der Waals surface area (Å²) in [6.45, 7) is 3.97. The maximum absolute atomic E-state index is 12.8. The van der Waals surface area contributed by atoms with Crippen LogP contribution >= 0.6 is 11.8 Å². The van der Waals surface area contributed by atoms with E-state index in [1.807, 2.05) is 12.1 Å². The zero-order valence-electron chi connectivity index (χ0n) is 19.7. The minimum Gasteiger partial charge on any atom is -0.497 e. The summed E-state index contributed by atoms with van der Waals surface area (Å²) in [5, 5.41) is 13.4. The first-order valence-electron chi connectivity index (χ1n) is 10.2. The fraction of sp³-hybridized carbons (Fsp3) is 0.240. The average Bonchev–Trinajstić information content (AvgIpc) is 3.33. The summed E-state index contributed by atoms with van der Waals surface area (Å²) >= 11 is 1.50. The van der Waals surface area contributed by atoms with Crippen LogP contribution in [0.25, 0.3) is 0 Å². The minimum atomic E-state index is -0.321. The Morgan fingerprint density at radius 3 is 2.41 bits per heavy atom. The topological polar surface area (TPSA) is 102 Å². The van der Waals surface area contributed by atoms with Crippen molar-refractivity contribution in [3.8, 4) is 11.5 Å². The van der Waals surface area contributed by atoms with Crippen LogP contribution in [0.4, 0.5) is 5.69 Å². The molecule has 1 amide bonds. The van der Waals surface area contributed by atoms with Gasteiger partial charge in [-0.2, -0.15) is 0 Å². The summed E-state index contributed by atoms with van der Waals surface area (Å²) in [5.41, 5.74) is 2.43. The highest BCUT2D eigenvalue weighted by Crippen LogP contribution is 2.31. The molecule has 9 heteroatoms. The molecule has 180 valence electrons. The Hall–Kier alpha value is -3.40. The molecule has 2 N–H and O–H groups in total. The summed E-state index contributed by atoms with van der Waals surface area (Å²) in [6, 6.07) is 10.4. The molecule has 0 saturated heterocycles. The van der Waals surface area contributed by atoms with Crippen LogP contribution in [0.1, 0.15) is 21.5 Å². The molecule has 0 spiro atoms. The number of aliphatic imine (C=N–C) groups is 2. The average molecular weight is 484 g/mol. The lowest BCUT2D eigenvalue weighted by Crippen LogP contribution is -2.13. The van der Waals surface area contributed by atoms with Crippen molar-refractivity contribution in [2.45, 2.75) is 6.61 Å². The summed E-state index contributed by atoms with van der Waals surface area (Å²) < 4.78 is 14.7. The van der Waals surface area contributed by atoms with Crippen LogP contribution < -0.4 is 14.8 Å². The number of nitrogens with zero attached hydrogens (tertiary/aromatic N) is 2. The third-order valence-corrected chi connectivity index (χ3v) is 5.36. The van der Waals surface area contributed by atoms with Gasteiger partial charge >= 0.3 is 0 Å². The quantitative estimate of drug-likeness (QED) is 0.543. The van der Waals surface area contributed by atoms with Crippen molar-refractivity contribution in [3.05, 3.63) is 76.8 Å². The van der Waals surface area contributed by atoms with Gasteiger partial charge < -0.3 is 24.6 Å². The van der Waals surface area contributed by atoms with Crippen molar-refractivity contribution in [2.75, 3.05) is 40.3 Å². The van der Waals surface area contributed by atoms with Crippen LogP contribution in [0.5, 0.6) is 11.5 Å². The van der Waals surface area contributed by atoms with Gasteiger partial charge in [0.25, 0.3) is 5.91 Å². The standard InChI is InChI=1S/C23H23N3O4S.C2H6O/c1-4-5-24-12-21-13-25-23(31-21)17-6-15(14-27)7-18(8-17)26-22(28)16-9-19(29-2)11-20(10-16)30-3;1-3-2/h4-12,27H,1,13-14H2,2-3H3,(H,26,28);1-2H3/b21-12+,24-5?;. The molecular weight excluding hydrogens is 454 g/mol. The number of aliphatic hydroxyl groups is 1. The number of rotatable bonds is 8. The summed E-state index contributed by atoms with van der Waals surface area (Å²) in [7, 11) is 6.30. The molecule has 0 bridgehead atoms. The molecular formula is C25H29N3O5S. The summed E-state index contributed by atoms with van der Waals surface area (Å²) in [6.07, 6.45) is 4.97. The van der Waals surface area contributed by atoms with Crippen molar-refractivity contribution in [2.24, 2.45) is 9.98 Å². The number of hydrogen-bond acceptors (Lipinski definition) is 8. The van der Waals surface area contributed by atoms with Gasteiger partial charge in [0.15, 0.2) is 0 Å². The molecule has 0 fully saturated rings.